The van der Waals surface area contributed by atoms with Crippen LogP contribution < -0.4 is 10.6 Å². The molecule has 2 heterocycles. The number of nitrogens with zero attached hydrogens (tertiary/aromatic N) is 5. The average Bonchev–Trinajstić information content (AvgIpc) is 2.66. The van der Waals surface area contributed by atoms with Gasteiger partial charge in [-0.25, -0.2) is 9.83 Å². The normalized spacial score (nSPS) is 10.8. The highest BCUT2D eigenvalue weighted by molar-refractivity contribution is 5.88. The van der Waals surface area contributed by atoms with E-state index < -0.39 is 0 Å². The van der Waals surface area contributed by atoms with E-state index in [-0.39, 0.29) is 0 Å². The topological polar surface area (TPSA) is 78.9 Å². The van der Waals surface area contributed by atoms with E-state index in [4.69, 9.17) is 6.57 Å². The summed E-state index contributed by atoms with van der Waals surface area (Å²) in [6.07, 6.45) is 1.73. The van der Waals surface area contributed by atoms with Crippen LogP contribution in [0.4, 0.5) is 28.7 Å². The average molecular weight is 331 g/mol. The molecule has 3 rings (SSSR count). The van der Waals surface area contributed by atoms with Gasteiger partial charge in [-0.2, -0.15) is 0 Å². The van der Waals surface area contributed by atoms with Crippen LogP contribution in [-0.4, -0.2) is 24.1 Å². The number of nitrogens with one attached hydrogen (secondary N) is 2. The standard InChI is InChI=1S/C18H17N7/c1-11-14(19-2)17(20-3)23-18(21-4)15(11)25-24-13-9-5-7-12-8-6-10-22-16(12)13/h5-10H,1,3-4H3,(H2,20,21,23). The van der Waals surface area contributed by atoms with E-state index in [0.717, 1.165) is 16.5 Å². The lowest BCUT2D eigenvalue weighted by atomic mass is 10.2. The molecule has 0 saturated carbocycles. The molecule has 2 N–H and O–H groups in total. The Bertz CT molecular complexity index is 997. The van der Waals surface area contributed by atoms with Crippen molar-refractivity contribution in [3.05, 3.63) is 53.5 Å². The fraction of sp³-hybridized carbons (Fsp3) is 0.167. The smallest absolute Gasteiger partial charge is 0.233 e. The Labute approximate surface area is 145 Å². The number of pyridine rings is 2. The van der Waals surface area contributed by atoms with Crippen LogP contribution in [0, 0.1) is 13.5 Å². The molecule has 2 aromatic heterocycles. The van der Waals surface area contributed by atoms with Gasteiger partial charge >= 0.3 is 0 Å². The molecule has 0 fully saturated rings. The van der Waals surface area contributed by atoms with Crippen molar-refractivity contribution in [2.75, 3.05) is 24.7 Å². The van der Waals surface area contributed by atoms with Crippen molar-refractivity contribution in [3.8, 4) is 0 Å². The number of aromatic nitrogens is 2. The van der Waals surface area contributed by atoms with Crippen molar-refractivity contribution in [2.24, 2.45) is 10.2 Å². The van der Waals surface area contributed by atoms with Crippen LogP contribution in [0.1, 0.15) is 5.56 Å². The van der Waals surface area contributed by atoms with Gasteiger partial charge in [-0.15, -0.1) is 10.2 Å². The van der Waals surface area contributed by atoms with Crippen LogP contribution in [0.5, 0.6) is 0 Å². The first-order valence-corrected chi connectivity index (χ1v) is 7.72. The monoisotopic (exact) mass is 331 g/mol. The Morgan fingerprint density at radius 2 is 1.80 bits per heavy atom. The minimum atomic E-state index is 0.437. The van der Waals surface area contributed by atoms with Gasteiger partial charge in [-0.05, 0) is 24.6 Å². The molecule has 1 aromatic carbocycles. The number of azo groups is 1. The largest absolute Gasteiger partial charge is 0.382 e. The Morgan fingerprint density at radius 1 is 1.04 bits per heavy atom. The van der Waals surface area contributed by atoms with Crippen molar-refractivity contribution in [1.82, 2.24) is 9.97 Å². The lowest BCUT2D eigenvalue weighted by Gasteiger charge is -2.12. The number of hydrogen-bond acceptors (Lipinski definition) is 6. The number of anilines is 2. The summed E-state index contributed by atoms with van der Waals surface area (Å²) in [7, 11) is 3.50. The summed E-state index contributed by atoms with van der Waals surface area (Å²) in [5, 5.41) is 15.7. The van der Waals surface area contributed by atoms with Gasteiger partial charge in [-0.3, -0.25) is 4.98 Å². The van der Waals surface area contributed by atoms with E-state index in [0.29, 0.717) is 28.7 Å². The van der Waals surface area contributed by atoms with Gasteiger partial charge in [0, 0.05) is 25.7 Å². The fourth-order valence-corrected chi connectivity index (χ4v) is 2.57. The van der Waals surface area contributed by atoms with Gasteiger partial charge in [0.25, 0.3) is 0 Å². The van der Waals surface area contributed by atoms with E-state index in [1.54, 1.807) is 20.3 Å². The van der Waals surface area contributed by atoms with E-state index in [9.17, 15) is 0 Å². The number of hydrogen-bond donors (Lipinski definition) is 2. The molecule has 0 bridgehead atoms. The van der Waals surface area contributed by atoms with Crippen LogP contribution in [-0.2, 0) is 0 Å². The van der Waals surface area contributed by atoms with E-state index in [1.807, 2.05) is 37.3 Å². The van der Waals surface area contributed by atoms with Crippen molar-refractivity contribution in [1.29, 1.82) is 0 Å². The Kier molecular flexibility index (Phi) is 4.53. The second-order valence-corrected chi connectivity index (χ2v) is 5.30. The molecule has 0 aliphatic rings. The highest BCUT2D eigenvalue weighted by Crippen LogP contribution is 2.39. The van der Waals surface area contributed by atoms with Crippen molar-refractivity contribution >= 4 is 39.6 Å². The summed E-state index contributed by atoms with van der Waals surface area (Å²) in [6, 6.07) is 9.61. The highest BCUT2D eigenvalue weighted by Gasteiger charge is 2.16. The quantitative estimate of drug-likeness (QED) is 0.521. The molecule has 25 heavy (non-hydrogen) atoms. The Balaban J connectivity index is 2.14. The predicted molar refractivity (Wildman–Crippen MR) is 100 cm³/mol. The maximum absolute atomic E-state index is 7.40. The van der Waals surface area contributed by atoms with Crippen LogP contribution in [0.3, 0.4) is 0 Å². The summed E-state index contributed by atoms with van der Waals surface area (Å²) in [5.41, 5.74) is 3.15. The summed E-state index contributed by atoms with van der Waals surface area (Å²) < 4.78 is 0. The molecule has 7 heteroatoms. The zero-order valence-corrected chi connectivity index (χ0v) is 14.2. The van der Waals surface area contributed by atoms with Gasteiger partial charge in [0.2, 0.25) is 5.69 Å². The van der Waals surface area contributed by atoms with E-state index in [2.05, 4.69) is 35.7 Å². The fourth-order valence-electron chi connectivity index (χ4n) is 2.57. The minimum absolute atomic E-state index is 0.437. The summed E-state index contributed by atoms with van der Waals surface area (Å²) in [5.74, 6) is 1.08. The molecular formula is C18H17N7. The summed E-state index contributed by atoms with van der Waals surface area (Å²) in [4.78, 5) is 12.4. The Morgan fingerprint density at radius 3 is 2.52 bits per heavy atom. The second kappa shape index (κ2) is 6.93. The Hall–Kier alpha value is -3.53. The molecule has 124 valence electrons. The zero-order valence-electron chi connectivity index (χ0n) is 14.2. The first-order chi connectivity index (χ1) is 12.2. The van der Waals surface area contributed by atoms with Crippen LogP contribution >= 0.6 is 0 Å². The van der Waals surface area contributed by atoms with Crippen LogP contribution in [0.2, 0.25) is 0 Å². The maximum Gasteiger partial charge on any atom is 0.233 e. The predicted octanol–water partition coefficient (Wildman–Crippen LogP) is 4.99. The third kappa shape index (κ3) is 2.97. The molecule has 0 aliphatic heterocycles. The van der Waals surface area contributed by atoms with E-state index in [1.165, 1.54) is 0 Å². The van der Waals surface area contributed by atoms with E-state index >= 15 is 0 Å². The third-order valence-electron chi connectivity index (χ3n) is 3.84. The molecule has 0 unspecified atom stereocenters. The minimum Gasteiger partial charge on any atom is -0.382 e. The molecule has 0 saturated heterocycles. The van der Waals surface area contributed by atoms with Crippen molar-refractivity contribution in [2.45, 2.75) is 6.92 Å². The molecule has 0 spiro atoms. The molecule has 0 aliphatic carbocycles. The molecule has 7 nitrogen and oxygen atoms in total. The van der Waals surface area contributed by atoms with Gasteiger partial charge in [0.05, 0.1) is 12.1 Å². The van der Waals surface area contributed by atoms with Crippen LogP contribution in [0.15, 0.2) is 46.8 Å². The number of benzene rings is 1. The second-order valence-electron chi connectivity index (χ2n) is 5.30. The molecule has 0 atom stereocenters. The first kappa shape index (κ1) is 16.3. The van der Waals surface area contributed by atoms with Gasteiger partial charge in [-0.1, -0.05) is 18.2 Å². The summed E-state index contributed by atoms with van der Waals surface area (Å²) in [6.45, 7) is 9.24. The number of fused-ring (bicyclic) bond motifs is 1. The lowest BCUT2D eigenvalue weighted by molar-refractivity contribution is 1.17. The SMILES string of the molecule is [C-]#[N+]c1c(NC)nc(NC)c(N=Nc2cccc3cccnc23)c1C. The lowest BCUT2D eigenvalue weighted by Crippen LogP contribution is -2.00. The van der Waals surface area contributed by atoms with Crippen molar-refractivity contribution < 1.29 is 0 Å². The third-order valence-corrected chi connectivity index (χ3v) is 3.84. The van der Waals surface area contributed by atoms with Crippen molar-refractivity contribution in [3.63, 3.8) is 0 Å². The maximum atomic E-state index is 7.40. The van der Waals surface area contributed by atoms with Gasteiger partial charge in [0.15, 0.2) is 5.82 Å². The molecule has 3 aromatic rings. The summed E-state index contributed by atoms with van der Waals surface area (Å²) >= 11 is 0. The zero-order chi connectivity index (χ0) is 17.8. The number of rotatable bonds is 4. The molecular weight excluding hydrogens is 314 g/mol. The van der Waals surface area contributed by atoms with Crippen LogP contribution in [0.25, 0.3) is 15.7 Å². The van der Waals surface area contributed by atoms with Gasteiger partial charge in [0.1, 0.15) is 17.2 Å². The number of para-hydroxylation sites is 1. The molecule has 0 radical (unpaired) electrons. The molecule has 0 amide bonds. The first-order valence-electron chi connectivity index (χ1n) is 7.72. The van der Waals surface area contributed by atoms with Gasteiger partial charge < -0.3 is 10.6 Å². The highest BCUT2D eigenvalue weighted by atomic mass is 15.2.